The fraction of sp³-hybridized carbons (Fsp3) is 0.500. The van der Waals surface area contributed by atoms with Gasteiger partial charge in [0.05, 0.1) is 6.61 Å². The molecule has 0 heterocycles. The van der Waals surface area contributed by atoms with Crippen molar-refractivity contribution in [1.82, 2.24) is 0 Å². The van der Waals surface area contributed by atoms with Crippen molar-refractivity contribution in [3.8, 4) is 0 Å². The maximum absolute atomic E-state index is 10.5. The van der Waals surface area contributed by atoms with E-state index >= 15 is 0 Å². The first-order valence-corrected chi connectivity index (χ1v) is 9.90. The molecule has 0 bridgehead atoms. The highest BCUT2D eigenvalue weighted by Gasteiger charge is 2.26. The van der Waals surface area contributed by atoms with Crippen LogP contribution in [0.3, 0.4) is 0 Å². The van der Waals surface area contributed by atoms with Crippen LogP contribution in [-0.2, 0) is 14.6 Å². The van der Waals surface area contributed by atoms with Gasteiger partial charge in [-0.25, -0.2) is 4.18 Å². The largest absolute Gasteiger partial charge is 0.397 e. The summed E-state index contributed by atoms with van der Waals surface area (Å²) in [5, 5.41) is 0. The molecule has 0 saturated heterocycles. The second kappa shape index (κ2) is 9.32. The van der Waals surface area contributed by atoms with E-state index in [-0.39, 0.29) is 12.0 Å². The summed E-state index contributed by atoms with van der Waals surface area (Å²) in [7, 11) is -4.38. The summed E-state index contributed by atoms with van der Waals surface area (Å²) in [5.74, 6) is 0. The van der Waals surface area contributed by atoms with Gasteiger partial charge >= 0.3 is 10.4 Å². The fourth-order valence-corrected chi connectivity index (χ4v) is 3.19. The minimum atomic E-state index is -4.38. The lowest BCUT2D eigenvalue weighted by Gasteiger charge is -2.32. The molecular weight excluding hydrogens is 336 g/mol. The van der Waals surface area contributed by atoms with E-state index in [1.165, 1.54) is 30.4 Å². The van der Waals surface area contributed by atoms with Crippen LogP contribution in [0.2, 0.25) is 0 Å². The maximum atomic E-state index is 10.5. The topological polar surface area (TPSA) is 63.6 Å². The first-order valence-electron chi connectivity index (χ1n) is 8.53. The normalized spacial score (nSPS) is 20.1. The summed E-state index contributed by atoms with van der Waals surface area (Å²) in [4.78, 5) is 0. The number of allylic oxidation sites excluding steroid dienone is 9. The molecule has 1 aliphatic rings. The molecule has 0 aromatic carbocycles. The Morgan fingerprint density at radius 3 is 2.52 bits per heavy atom. The molecule has 1 rings (SSSR count). The Morgan fingerprint density at radius 2 is 1.92 bits per heavy atom. The Morgan fingerprint density at radius 1 is 1.24 bits per heavy atom. The molecule has 0 fully saturated rings. The molecule has 0 radical (unpaired) electrons. The smallest absolute Gasteiger partial charge is 0.264 e. The van der Waals surface area contributed by atoms with Gasteiger partial charge in [-0.3, -0.25) is 4.55 Å². The molecule has 0 saturated carbocycles. The average Bonchev–Trinajstić information content (AvgIpc) is 2.44. The van der Waals surface area contributed by atoms with Crippen LogP contribution in [0.5, 0.6) is 0 Å². The Kier molecular flexibility index (Phi) is 8.06. The minimum absolute atomic E-state index is 0.180. The Bertz CT molecular complexity index is 717. The van der Waals surface area contributed by atoms with Crippen molar-refractivity contribution >= 4 is 10.4 Å². The predicted molar refractivity (Wildman–Crippen MR) is 104 cm³/mol. The average molecular weight is 367 g/mol. The molecular formula is C20H30O4S. The molecule has 140 valence electrons. The van der Waals surface area contributed by atoms with Gasteiger partial charge in [-0.15, -0.1) is 0 Å². The SMILES string of the molecule is CC1=C(/C=C/C(C)=C/C=C/C(C)=C/COS(=O)(=O)O)C(C)(C)CCC1. The van der Waals surface area contributed by atoms with Crippen LogP contribution in [0.25, 0.3) is 0 Å². The van der Waals surface area contributed by atoms with E-state index in [0.717, 1.165) is 11.1 Å². The molecule has 0 amide bonds. The lowest BCUT2D eigenvalue weighted by atomic mass is 9.72. The van der Waals surface area contributed by atoms with Crippen molar-refractivity contribution in [1.29, 1.82) is 0 Å². The highest BCUT2D eigenvalue weighted by molar-refractivity contribution is 7.80. The summed E-state index contributed by atoms with van der Waals surface area (Å²) in [6, 6.07) is 0. The maximum Gasteiger partial charge on any atom is 0.397 e. The van der Waals surface area contributed by atoms with Crippen molar-refractivity contribution in [2.75, 3.05) is 6.61 Å². The third-order valence-corrected chi connectivity index (χ3v) is 4.83. The number of hydrogen-bond acceptors (Lipinski definition) is 3. The van der Waals surface area contributed by atoms with Crippen LogP contribution < -0.4 is 0 Å². The zero-order chi connectivity index (χ0) is 19.1. The van der Waals surface area contributed by atoms with Gasteiger partial charge in [-0.1, -0.05) is 67.0 Å². The Hall–Kier alpha value is -1.43. The molecule has 0 aromatic heterocycles. The van der Waals surface area contributed by atoms with E-state index in [0.29, 0.717) is 0 Å². The molecule has 25 heavy (non-hydrogen) atoms. The molecule has 0 aliphatic heterocycles. The molecule has 0 aromatic rings. The molecule has 0 atom stereocenters. The lowest BCUT2D eigenvalue weighted by Crippen LogP contribution is -2.19. The van der Waals surface area contributed by atoms with E-state index in [9.17, 15) is 8.42 Å². The highest BCUT2D eigenvalue weighted by atomic mass is 32.3. The second-order valence-corrected chi connectivity index (χ2v) is 8.29. The highest BCUT2D eigenvalue weighted by Crippen LogP contribution is 2.40. The Labute approximate surface area is 152 Å². The van der Waals surface area contributed by atoms with Gasteiger partial charge in [0, 0.05) is 0 Å². The number of hydrogen-bond donors (Lipinski definition) is 1. The van der Waals surface area contributed by atoms with Crippen LogP contribution in [0, 0.1) is 5.41 Å². The summed E-state index contributed by atoms with van der Waals surface area (Å²) in [6.07, 6.45) is 15.4. The van der Waals surface area contributed by atoms with Crippen molar-refractivity contribution in [3.05, 3.63) is 58.7 Å². The van der Waals surface area contributed by atoms with Gasteiger partial charge < -0.3 is 0 Å². The van der Waals surface area contributed by atoms with Crippen LogP contribution in [0.4, 0.5) is 0 Å². The molecule has 1 aliphatic carbocycles. The first kappa shape index (κ1) is 21.6. The van der Waals surface area contributed by atoms with Crippen LogP contribution in [-0.4, -0.2) is 19.6 Å². The second-order valence-electron chi connectivity index (χ2n) is 7.19. The summed E-state index contributed by atoms with van der Waals surface area (Å²) >= 11 is 0. The van der Waals surface area contributed by atoms with Gasteiger partial charge in [-0.2, -0.15) is 8.42 Å². The van der Waals surface area contributed by atoms with Gasteiger partial charge in [0.25, 0.3) is 0 Å². The zero-order valence-corrected chi connectivity index (χ0v) is 16.7. The summed E-state index contributed by atoms with van der Waals surface area (Å²) in [5.41, 5.74) is 5.15. The van der Waals surface area contributed by atoms with E-state index in [2.05, 4.69) is 37.1 Å². The monoisotopic (exact) mass is 366 g/mol. The van der Waals surface area contributed by atoms with Crippen LogP contribution in [0.1, 0.15) is 53.9 Å². The Balaban J connectivity index is 2.68. The quantitative estimate of drug-likeness (QED) is 0.488. The molecule has 0 unspecified atom stereocenters. The third-order valence-electron chi connectivity index (χ3n) is 4.40. The zero-order valence-electron chi connectivity index (χ0n) is 15.9. The van der Waals surface area contributed by atoms with Crippen LogP contribution >= 0.6 is 0 Å². The molecule has 0 spiro atoms. The van der Waals surface area contributed by atoms with Crippen LogP contribution in [0.15, 0.2) is 58.7 Å². The summed E-state index contributed by atoms with van der Waals surface area (Å²) < 4.78 is 33.6. The van der Waals surface area contributed by atoms with Gasteiger partial charge in [-0.05, 0) is 51.0 Å². The van der Waals surface area contributed by atoms with E-state index in [1.807, 2.05) is 32.1 Å². The standard InChI is InChI=1S/C20H30O4S/c1-16(8-6-9-17(2)13-15-24-25(21,22)23)11-12-19-18(3)10-7-14-20(19,4)5/h6,8-9,11-13H,7,10,14-15H2,1-5H3,(H,21,22,23)/b9-6+,12-11+,16-8+,17-13+. The van der Waals surface area contributed by atoms with E-state index in [4.69, 9.17) is 4.55 Å². The van der Waals surface area contributed by atoms with E-state index in [1.54, 1.807) is 6.08 Å². The lowest BCUT2D eigenvalue weighted by molar-refractivity contribution is 0.296. The number of rotatable bonds is 7. The fourth-order valence-electron chi connectivity index (χ4n) is 2.95. The minimum Gasteiger partial charge on any atom is -0.264 e. The van der Waals surface area contributed by atoms with Crippen molar-refractivity contribution in [2.45, 2.75) is 53.9 Å². The van der Waals surface area contributed by atoms with Gasteiger partial charge in [0.15, 0.2) is 0 Å². The van der Waals surface area contributed by atoms with Gasteiger partial charge in [0.1, 0.15) is 0 Å². The van der Waals surface area contributed by atoms with Crippen molar-refractivity contribution in [3.63, 3.8) is 0 Å². The molecule has 1 N–H and O–H groups in total. The first-order chi connectivity index (χ1) is 11.5. The van der Waals surface area contributed by atoms with Crippen molar-refractivity contribution < 1.29 is 17.2 Å². The predicted octanol–water partition coefficient (Wildman–Crippen LogP) is 5.34. The summed E-state index contributed by atoms with van der Waals surface area (Å²) in [6.45, 7) is 10.5. The van der Waals surface area contributed by atoms with Crippen molar-refractivity contribution in [2.24, 2.45) is 5.41 Å². The van der Waals surface area contributed by atoms with Gasteiger partial charge in [0.2, 0.25) is 0 Å². The molecule has 4 nitrogen and oxygen atoms in total. The molecule has 5 heteroatoms. The third kappa shape index (κ3) is 8.47. The van der Waals surface area contributed by atoms with E-state index < -0.39 is 10.4 Å².